The average Bonchev–Trinajstić information content (AvgIpc) is 2.93. The van der Waals surface area contributed by atoms with Crippen molar-refractivity contribution in [1.82, 2.24) is 9.97 Å². The number of aliphatic carboxylic acids is 1. The lowest BCUT2D eigenvalue weighted by Gasteiger charge is -2.23. The van der Waals surface area contributed by atoms with Gasteiger partial charge in [-0.2, -0.15) is 13.2 Å². The summed E-state index contributed by atoms with van der Waals surface area (Å²) in [6.07, 6.45) is -13.3. The molecule has 2 rings (SSSR count). The molecule has 8 nitrogen and oxygen atoms in total. The molecule has 0 amide bonds. The molecule has 0 bridgehead atoms. The minimum atomic E-state index is -4.58. The first kappa shape index (κ1) is 18.1. The lowest BCUT2D eigenvalue weighted by Crippen LogP contribution is -2.45. The number of aliphatic hydroxyl groups is 4. The number of carboxylic acid groups (broad SMARTS) is 1. The van der Waals surface area contributed by atoms with Crippen molar-refractivity contribution in [1.29, 1.82) is 0 Å². The number of aromatic nitrogens is 2. The molecule has 1 aromatic heterocycles. The number of hydrogen-bond donors (Lipinski definition) is 6. The van der Waals surface area contributed by atoms with Crippen LogP contribution in [0.25, 0.3) is 11.0 Å². The van der Waals surface area contributed by atoms with Crippen LogP contribution in [0.4, 0.5) is 13.2 Å². The zero-order valence-corrected chi connectivity index (χ0v) is 11.8. The van der Waals surface area contributed by atoms with Gasteiger partial charge in [-0.05, 0) is 18.2 Å². The molecule has 1 heterocycles. The van der Waals surface area contributed by atoms with Gasteiger partial charge in [-0.15, -0.1) is 0 Å². The number of nitrogens with one attached hydrogen (secondary N) is 1. The number of hydrogen-bond acceptors (Lipinski definition) is 6. The van der Waals surface area contributed by atoms with Gasteiger partial charge in [0.2, 0.25) is 0 Å². The van der Waals surface area contributed by atoms with E-state index in [-0.39, 0.29) is 11.0 Å². The number of rotatable bonds is 5. The molecule has 4 atom stereocenters. The molecule has 132 valence electrons. The largest absolute Gasteiger partial charge is 0.479 e. The van der Waals surface area contributed by atoms with E-state index in [9.17, 15) is 33.3 Å². The number of carboxylic acids is 1. The second-order valence-electron chi connectivity index (χ2n) is 5.06. The van der Waals surface area contributed by atoms with Gasteiger partial charge in [0.25, 0.3) is 0 Å². The Morgan fingerprint density at radius 3 is 2.29 bits per heavy atom. The van der Waals surface area contributed by atoms with Crippen LogP contribution in [-0.4, -0.2) is 59.8 Å². The molecule has 3 unspecified atom stereocenters. The number of aliphatic hydroxyl groups excluding tert-OH is 4. The van der Waals surface area contributed by atoms with E-state index in [0.717, 1.165) is 18.2 Å². The van der Waals surface area contributed by atoms with Gasteiger partial charge in [0.15, 0.2) is 6.10 Å². The molecule has 0 spiro atoms. The van der Waals surface area contributed by atoms with Gasteiger partial charge in [-0.3, -0.25) is 0 Å². The first-order chi connectivity index (χ1) is 11.0. The van der Waals surface area contributed by atoms with E-state index in [1.54, 1.807) is 0 Å². The summed E-state index contributed by atoms with van der Waals surface area (Å²) in [4.78, 5) is 16.7. The first-order valence-corrected chi connectivity index (χ1v) is 6.54. The molecule has 2 aromatic rings. The van der Waals surface area contributed by atoms with Crippen LogP contribution in [0.3, 0.4) is 0 Å². The Morgan fingerprint density at radius 1 is 1.12 bits per heavy atom. The number of H-pyrrole nitrogens is 1. The molecule has 0 radical (unpaired) electrons. The van der Waals surface area contributed by atoms with Gasteiger partial charge in [-0.25, -0.2) is 9.78 Å². The predicted molar refractivity (Wildman–Crippen MR) is 71.7 cm³/mol. The summed E-state index contributed by atoms with van der Waals surface area (Å²) in [5.41, 5.74) is -0.988. The number of benzene rings is 1. The lowest BCUT2D eigenvalue weighted by molar-refractivity contribution is -0.163. The number of imidazole rings is 1. The van der Waals surface area contributed by atoms with Crippen LogP contribution in [0.5, 0.6) is 0 Å². The number of halogens is 3. The second kappa shape index (κ2) is 6.36. The van der Waals surface area contributed by atoms with Crippen molar-refractivity contribution in [2.45, 2.75) is 30.6 Å². The predicted octanol–water partition coefficient (Wildman–Crippen LogP) is -0.218. The fourth-order valence-corrected chi connectivity index (χ4v) is 2.03. The molecule has 0 saturated heterocycles. The topological polar surface area (TPSA) is 147 Å². The highest BCUT2D eigenvalue weighted by molar-refractivity contribution is 5.76. The van der Waals surface area contributed by atoms with Crippen LogP contribution in [0.1, 0.15) is 17.5 Å². The van der Waals surface area contributed by atoms with Crippen LogP contribution in [0.15, 0.2) is 18.2 Å². The van der Waals surface area contributed by atoms with Gasteiger partial charge in [0, 0.05) is 0 Å². The third-order valence-corrected chi connectivity index (χ3v) is 3.36. The van der Waals surface area contributed by atoms with E-state index in [1.165, 1.54) is 0 Å². The second-order valence-corrected chi connectivity index (χ2v) is 5.06. The van der Waals surface area contributed by atoms with Crippen molar-refractivity contribution in [2.75, 3.05) is 0 Å². The zero-order valence-electron chi connectivity index (χ0n) is 11.8. The Kier molecular flexibility index (Phi) is 4.80. The Labute approximate surface area is 131 Å². The van der Waals surface area contributed by atoms with Crippen molar-refractivity contribution >= 4 is 17.0 Å². The highest BCUT2D eigenvalue weighted by Crippen LogP contribution is 2.31. The molecule has 6 N–H and O–H groups in total. The average molecular weight is 350 g/mol. The molecule has 0 saturated carbocycles. The summed E-state index contributed by atoms with van der Waals surface area (Å²) < 4.78 is 37.9. The van der Waals surface area contributed by atoms with Gasteiger partial charge in [0.05, 0.1) is 16.6 Å². The first-order valence-electron chi connectivity index (χ1n) is 6.54. The molecule has 24 heavy (non-hydrogen) atoms. The van der Waals surface area contributed by atoms with E-state index >= 15 is 0 Å². The summed E-state index contributed by atoms with van der Waals surface area (Å²) >= 11 is 0. The van der Waals surface area contributed by atoms with Crippen molar-refractivity contribution in [3.63, 3.8) is 0 Å². The fourth-order valence-electron chi connectivity index (χ4n) is 2.03. The Hall–Kier alpha value is -2.21. The molecular weight excluding hydrogens is 337 g/mol. The van der Waals surface area contributed by atoms with Gasteiger partial charge < -0.3 is 30.5 Å². The highest BCUT2D eigenvalue weighted by Gasteiger charge is 2.36. The maximum atomic E-state index is 12.6. The van der Waals surface area contributed by atoms with E-state index in [2.05, 4.69) is 9.97 Å². The van der Waals surface area contributed by atoms with E-state index in [1.807, 2.05) is 0 Å². The Morgan fingerprint density at radius 2 is 1.75 bits per heavy atom. The standard InChI is InChI=1S/C13H13F3N2O6/c14-13(15,16)4-1-2-5-6(3-4)18-11(17-5)9(21)7(19)8(20)10(22)12(23)24/h1-3,7-10,19-22H,(H,17,18)(H,23,24)/t7?,8-,9?,10?/m0/s1. The monoisotopic (exact) mass is 350 g/mol. The van der Waals surface area contributed by atoms with Crippen LogP contribution < -0.4 is 0 Å². The summed E-state index contributed by atoms with van der Waals surface area (Å²) in [5, 5.41) is 46.8. The SMILES string of the molecule is O=C(O)C(O)[C@@H](O)C(O)C(O)c1nc2ccc(C(F)(F)F)cc2[nH]1. The summed E-state index contributed by atoms with van der Waals surface area (Å²) in [6.45, 7) is 0. The zero-order chi connectivity index (χ0) is 18.2. The molecule has 0 aliphatic carbocycles. The molecule has 1 aromatic carbocycles. The van der Waals surface area contributed by atoms with Crippen molar-refractivity contribution in [3.8, 4) is 0 Å². The summed E-state index contributed by atoms with van der Waals surface area (Å²) in [5.74, 6) is -2.22. The maximum absolute atomic E-state index is 12.6. The van der Waals surface area contributed by atoms with Gasteiger partial charge >= 0.3 is 12.1 Å². The van der Waals surface area contributed by atoms with E-state index in [0.29, 0.717) is 0 Å². The minimum absolute atomic E-state index is 0.0533. The number of nitrogens with zero attached hydrogens (tertiary/aromatic N) is 1. The van der Waals surface area contributed by atoms with Crippen LogP contribution in [-0.2, 0) is 11.0 Å². The highest BCUT2D eigenvalue weighted by atomic mass is 19.4. The van der Waals surface area contributed by atoms with Crippen molar-refractivity contribution in [2.24, 2.45) is 0 Å². The van der Waals surface area contributed by atoms with Crippen LogP contribution in [0.2, 0.25) is 0 Å². The Balaban J connectivity index is 2.29. The van der Waals surface area contributed by atoms with Crippen molar-refractivity contribution < 1.29 is 43.5 Å². The maximum Gasteiger partial charge on any atom is 0.416 e. The number of aromatic amines is 1. The smallest absolute Gasteiger partial charge is 0.416 e. The number of carbonyl (C=O) groups is 1. The normalized spacial score (nSPS) is 17.5. The van der Waals surface area contributed by atoms with Crippen LogP contribution >= 0.6 is 0 Å². The molecule has 11 heteroatoms. The Bertz CT molecular complexity index is 747. The van der Waals surface area contributed by atoms with E-state index in [4.69, 9.17) is 10.2 Å². The third kappa shape index (κ3) is 3.48. The van der Waals surface area contributed by atoms with Gasteiger partial charge in [-0.1, -0.05) is 0 Å². The van der Waals surface area contributed by atoms with Crippen LogP contribution in [0, 0.1) is 0 Å². The lowest BCUT2D eigenvalue weighted by atomic mass is 10.0. The minimum Gasteiger partial charge on any atom is -0.479 e. The molecule has 0 aliphatic heterocycles. The summed E-state index contributed by atoms with van der Waals surface area (Å²) in [7, 11) is 0. The van der Waals surface area contributed by atoms with Gasteiger partial charge in [0.1, 0.15) is 24.1 Å². The quantitative estimate of drug-likeness (QED) is 0.437. The van der Waals surface area contributed by atoms with Crippen molar-refractivity contribution in [3.05, 3.63) is 29.6 Å². The van der Waals surface area contributed by atoms with E-state index < -0.39 is 47.9 Å². The third-order valence-electron chi connectivity index (χ3n) is 3.36. The summed E-state index contributed by atoms with van der Waals surface area (Å²) in [6, 6.07) is 2.56. The molecule has 0 aliphatic rings. The molecule has 0 fully saturated rings. The number of alkyl halides is 3. The fraction of sp³-hybridized carbons (Fsp3) is 0.385. The number of fused-ring (bicyclic) bond motifs is 1. The molecular formula is C13H13F3N2O6.